The Morgan fingerprint density at radius 3 is 2.44 bits per heavy atom. The molecule has 1 saturated heterocycles. The van der Waals surface area contributed by atoms with Gasteiger partial charge in [-0.2, -0.15) is 0 Å². The number of ketones is 1. The molecule has 11 atom stereocenters. The number of rotatable bonds is 3. The van der Waals surface area contributed by atoms with Gasteiger partial charge in [0.15, 0.2) is 12.0 Å². The molecule has 2 N–H and O–H groups in total. The molecule has 0 amide bonds. The predicted molar refractivity (Wildman–Crippen MR) is 113 cm³/mol. The average Bonchev–Trinajstić information content (AvgIpc) is 2.69. The Morgan fingerprint density at radius 2 is 1.88 bits per heavy atom. The highest BCUT2D eigenvalue weighted by Crippen LogP contribution is 2.69. The largest absolute Gasteiger partial charge is 0.493 e. The summed E-state index contributed by atoms with van der Waals surface area (Å²) in [4.78, 5) is 26.1. The standard InChI is InChI=1S/C24H36O8/c1-11-8-14(29-6)20(27)22(3)13(11)9-16-23(4)15(10-17(26)32-16)24(5,28)21(30-7)18(19(22)23)31-12(2)25/h8,11,13,15-19,21,26,28H,9-10H2,1-7H3. The van der Waals surface area contributed by atoms with E-state index in [9.17, 15) is 19.8 Å². The van der Waals surface area contributed by atoms with Gasteiger partial charge in [0.1, 0.15) is 12.2 Å². The van der Waals surface area contributed by atoms with Crippen LogP contribution in [-0.2, 0) is 28.5 Å². The molecule has 0 bridgehead atoms. The molecule has 0 aromatic rings. The van der Waals surface area contributed by atoms with Crippen molar-refractivity contribution in [3.05, 3.63) is 11.8 Å². The number of aliphatic hydroxyl groups excluding tert-OH is 1. The number of methoxy groups -OCH3 is 2. The maximum atomic E-state index is 13.9. The molecular formula is C24H36O8. The van der Waals surface area contributed by atoms with E-state index in [2.05, 4.69) is 0 Å². The highest BCUT2D eigenvalue weighted by atomic mass is 16.6. The molecule has 0 spiro atoms. The summed E-state index contributed by atoms with van der Waals surface area (Å²) < 4.78 is 23.2. The Kier molecular flexibility index (Phi) is 5.56. The Balaban J connectivity index is 1.99. The van der Waals surface area contributed by atoms with Gasteiger partial charge < -0.3 is 29.2 Å². The fourth-order valence-corrected chi connectivity index (χ4v) is 8.04. The molecule has 8 heteroatoms. The SMILES string of the molecule is COC1=CC(C)C2CC3OC(O)CC4C(C)(O)C(OC)C(OC(C)=O)C(C2(C)C1=O)C34C. The van der Waals surface area contributed by atoms with E-state index in [0.717, 1.165) is 0 Å². The van der Waals surface area contributed by atoms with Gasteiger partial charge >= 0.3 is 5.97 Å². The van der Waals surface area contributed by atoms with Gasteiger partial charge in [0, 0.05) is 43.1 Å². The second-order valence-corrected chi connectivity index (χ2v) is 10.7. The molecule has 0 radical (unpaired) electrons. The summed E-state index contributed by atoms with van der Waals surface area (Å²) in [7, 11) is 2.96. The third-order valence-corrected chi connectivity index (χ3v) is 9.20. The van der Waals surface area contributed by atoms with Crippen LogP contribution in [0, 0.1) is 34.5 Å². The van der Waals surface area contributed by atoms with Crippen LogP contribution in [0.5, 0.6) is 0 Å². The lowest BCUT2D eigenvalue weighted by Gasteiger charge is -2.70. The third kappa shape index (κ3) is 2.89. The van der Waals surface area contributed by atoms with Crippen molar-refractivity contribution in [2.75, 3.05) is 14.2 Å². The summed E-state index contributed by atoms with van der Waals surface area (Å²) in [5.41, 5.74) is -3.12. The third-order valence-electron chi connectivity index (χ3n) is 9.20. The Morgan fingerprint density at radius 1 is 1.22 bits per heavy atom. The van der Waals surface area contributed by atoms with E-state index in [1.807, 2.05) is 26.8 Å². The van der Waals surface area contributed by atoms with Crippen molar-refractivity contribution >= 4 is 11.8 Å². The van der Waals surface area contributed by atoms with Crippen molar-refractivity contribution < 1.29 is 38.7 Å². The highest BCUT2D eigenvalue weighted by Gasteiger charge is 2.76. The summed E-state index contributed by atoms with van der Waals surface area (Å²) in [5, 5.41) is 22.3. The molecule has 32 heavy (non-hydrogen) atoms. The molecule has 3 aliphatic carbocycles. The lowest BCUT2D eigenvalue weighted by molar-refractivity contribution is -0.355. The van der Waals surface area contributed by atoms with Crippen molar-refractivity contribution in [2.45, 2.75) is 77.7 Å². The second-order valence-electron chi connectivity index (χ2n) is 10.7. The molecule has 4 rings (SSSR count). The molecule has 8 nitrogen and oxygen atoms in total. The van der Waals surface area contributed by atoms with Crippen LogP contribution in [0.15, 0.2) is 11.8 Å². The van der Waals surface area contributed by atoms with Crippen LogP contribution in [0.3, 0.4) is 0 Å². The summed E-state index contributed by atoms with van der Waals surface area (Å²) >= 11 is 0. The number of fused-ring (bicyclic) bond motifs is 2. The van der Waals surface area contributed by atoms with E-state index in [-0.39, 0.29) is 24.0 Å². The van der Waals surface area contributed by atoms with E-state index in [1.54, 1.807) is 6.92 Å². The number of ether oxygens (including phenoxy) is 4. The second kappa shape index (κ2) is 7.52. The average molecular weight is 453 g/mol. The van der Waals surface area contributed by atoms with Crippen LogP contribution in [0.2, 0.25) is 0 Å². The number of aliphatic hydroxyl groups is 2. The Bertz CT molecular complexity index is 836. The van der Waals surface area contributed by atoms with Crippen LogP contribution in [0.4, 0.5) is 0 Å². The molecule has 180 valence electrons. The summed E-state index contributed by atoms with van der Waals surface area (Å²) in [6.45, 7) is 8.96. The number of Topliss-reactive ketones (excluding diaryl/α,β-unsaturated/α-hetero) is 1. The monoisotopic (exact) mass is 452 g/mol. The number of carbonyl (C=O) groups excluding carboxylic acids is 2. The van der Waals surface area contributed by atoms with E-state index in [4.69, 9.17) is 18.9 Å². The number of allylic oxidation sites excluding steroid dienone is 2. The zero-order valence-electron chi connectivity index (χ0n) is 20.0. The topological polar surface area (TPSA) is 112 Å². The van der Waals surface area contributed by atoms with Gasteiger partial charge in [-0.3, -0.25) is 9.59 Å². The molecule has 0 aromatic heterocycles. The van der Waals surface area contributed by atoms with E-state index < -0.39 is 58.8 Å². The zero-order valence-corrected chi connectivity index (χ0v) is 20.0. The molecular weight excluding hydrogens is 416 g/mol. The molecule has 1 heterocycles. The van der Waals surface area contributed by atoms with Crippen LogP contribution >= 0.6 is 0 Å². The Labute approximate surface area is 189 Å². The normalized spacial score (nSPS) is 52.4. The maximum Gasteiger partial charge on any atom is 0.303 e. The van der Waals surface area contributed by atoms with Gasteiger partial charge in [-0.25, -0.2) is 0 Å². The van der Waals surface area contributed by atoms with Crippen LogP contribution in [0.1, 0.15) is 47.5 Å². The molecule has 0 aromatic carbocycles. The molecule has 4 aliphatic rings. The summed E-state index contributed by atoms with van der Waals surface area (Å²) in [6.07, 6.45) is -0.627. The minimum atomic E-state index is -1.42. The summed E-state index contributed by atoms with van der Waals surface area (Å²) in [5.74, 6) is -1.41. The molecule has 11 unspecified atom stereocenters. The van der Waals surface area contributed by atoms with Crippen molar-refractivity contribution in [2.24, 2.45) is 34.5 Å². The van der Waals surface area contributed by atoms with E-state index in [0.29, 0.717) is 12.2 Å². The molecule has 3 fully saturated rings. The first kappa shape index (κ1) is 23.7. The van der Waals surface area contributed by atoms with Crippen LogP contribution < -0.4 is 0 Å². The van der Waals surface area contributed by atoms with Crippen LogP contribution in [0.25, 0.3) is 0 Å². The van der Waals surface area contributed by atoms with Crippen molar-refractivity contribution in [1.29, 1.82) is 0 Å². The van der Waals surface area contributed by atoms with Gasteiger partial charge in [0.05, 0.1) is 18.8 Å². The van der Waals surface area contributed by atoms with Gasteiger partial charge in [-0.05, 0) is 31.3 Å². The first-order valence-electron chi connectivity index (χ1n) is 11.4. The Hall–Kier alpha value is -1.48. The van der Waals surface area contributed by atoms with E-state index in [1.165, 1.54) is 21.1 Å². The first-order valence-corrected chi connectivity index (χ1v) is 11.4. The fourth-order valence-electron chi connectivity index (χ4n) is 8.04. The fraction of sp³-hybridized carbons (Fsp3) is 0.833. The predicted octanol–water partition coefficient (Wildman–Crippen LogP) is 1.82. The molecule has 1 aliphatic heterocycles. The van der Waals surface area contributed by atoms with E-state index >= 15 is 0 Å². The van der Waals surface area contributed by atoms with Gasteiger partial charge in [0.2, 0.25) is 5.78 Å². The van der Waals surface area contributed by atoms with Crippen LogP contribution in [-0.4, -0.2) is 66.4 Å². The van der Waals surface area contributed by atoms with Crippen molar-refractivity contribution in [3.63, 3.8) is 0 Å². The highest BCUT2D eigenvalue weighted by molar-refractivity contribution is 5.99. The smallest absolute Gasteiger partial charge is 0.303 e. The number of esters is 1. The van der Waals surface area contributed by atoms with Gasteiger partial charge in [-0.1, -0.05) is 20.8 Å². The van der Waals surface area contributed by atoms with Gasteiger partial charge in [0.25, 0.3) is 0 Å². The number of hydrogen-bond acceptors (Lipinski definition) is 8. The summed E-state index contributed by atoms with van der Waals surface area (Å²) in [6, 6.07) is 0. The van der Waals surface area contributed by atoms with Gasteiger partial charge in [-0.15, -0.1) is 0 Å². The number of hydrogen-bond donors (Lipinski definition) is 2. The maximum absolute atomic E-state index is 13.9. The number of carbonyl (C=O) groups is 2. The lowest BCUT2D eigenvalue weighted by atomic mass is 9.37. The van der Waals surface area contributed by atoms with Crippen molar-refractivity contribution in [3.8, 4) is 0 Å². The first-order chi connectivity index (χ1) is 14.8. The van der Waals surface area contributed by atoms with Crippen molar-refractivity contribution in [1.82, 2.24) is 0 Å². The zero-order chi connectivity index (χ0) is 23.8. The minimum Gasteiger partial charge on any atom is -0.493 e. The lowest BCUT2D eigenvalue weighted by Crippen LogP contribution is -2.78. The minimum absolute atomic E-state index is 0.000251. The quantitative estimate of drug-likeness (QED) is 0.624. The molecule has 2 saturated carbocycles.